The van der Waals surface area contributed by atoms with Gasteiger partial charge in [-0.1, -0.05) is 19.1 Å². The van der Waals surface area contributed by atoms with Gasteiger partial charge < -0.3 is 30.0 Å². The normalized spacial score (nSPS) is 12.9. The summed E-state index contributed by atoms with van der Waals surface area (Å²) in [7, 11) is 2.79. The molecule has 11 heteroatoms. The molecule has 218 valence electrons. The molecule has 0 spiro atoms. The first-order valence-corrected chi connectivity index (χ1v) is 12.9. The summed E-state index contributed by atoms with van der Waals surface area (Å²) < 4.78 is 16.4. The van der Waals surface area contributed by atoms with Crippen molar-refractivity contribution in [2.24, 2.45) is 5.41 Å². The third-order valence-electron chi connectivity index (χ3n) is 6.56. The first-order valence-electron chi connectivity index (χ1n) is 12.9. The number of amides is 2. The van der Waals surface area contributed by atoms with Crippen molar-refractivity contribution in [1.29, 1.82) is 0 Å². The van der Waals surface area contributed by atoms with Gasteiger partial charge in [-0.2, -0.15) is 0 Å². The Morgan fingerprint density at radius 3 is 2.25 bits per heavy atom. The number of phenols is 1. The molecule has 1 atom stereocenters. The van der Waals surface area contributed by atoms with Crippen LogP contribution in [0.5, 0.6) is 17.2 Å². The molecular weight excluding hydrogens is 518 g/mol. The van der Waals surface area contributed by atoms with E-state index in [1.54, 1.807) is 38.1 Å². The number of nitro groups is 1. The summed E-state index contributed by atoms with van der Waals surface area (Å²) in [5, 5.41) is 26.6. The second-order valence-electron chi connectivity index (χ2n) is 10.2. The van der Waals surface area contributed by atoms with Gasteiger partial charge in [0.1, 0.15) is 5.75 Å². The van der Waals surface area contributed by atoms with Gasteiger partial charge in [-0.15, -0.1) is 0 Å². The number of carbonyl (C=O) groups excluding carboxylic acids is 2. The molecule has 40 heavy (non-hydrogen) atoms. The Bertz CT molecular complexity index is 1210. The standard InChI is InChI=1S/C29H39N3O8/c1-7-29(4,40-19-28(2,3)27(35)30-15-14-20-8-11-22(33)12-9-20)18-31-26(34)13-10-21-16-24(38-5)25(39-6)17-23(21)32(36)37/h8-13,16-17,33H,7,14-15,18-19H2,1-6H3,(H,30,35)(H,31,34)/b13-10+. The van der Waals surface area contributed by atoms with Crippen molar-refractivity contribution in [2.45, 2.75) is 46.1 Å². The van der Waals surface area contributed by atoms with Crippen molar-refractivity contribution in [3.05, 3.63) is 63.7 Å². The van der Waals surface area contributed by atoms with Gasteiger partial charge in [0.25, 0.3) is 5.69 Å². The van der Waals surface area contributed by atoms with E-state index < -0.39 is 21.8 Å². The monoisotopic (exact) mass is 557 g/mol. The largest absolute Gasteiger partial charge is 0.508 e. The number of phenolic OH excluding ortho intramolecular Hbond substituents is 1. The van der Waals surface area contributed by atoms with Crippen molar-refractivity contribution >= 4 is 23.6 Å². The van der Waals surface area contributed by atoms with Crippen LogP contribution in [0.15, 0.2) is 42.5 Å². The molecule has 0 fully saturated rings. The highest BCUT2D eigenvalue weighted by Crippen LogP contribution is 2.35. The predicted molar refractivity (Wildman–Crippen MR) is 151 cm³/mol. The number of rotatable bonds is 15. The SMILES string of the molecule is CCC(C)(CNC(=O)/C=C/c1cc(OC)c(OC)cc1[N+](=O)[O-])OCC(C)(C)C(=O)NCCc1ccc(O)cc1. The van der Waals surface area contributed by atoms with E-state index in [1.807, 2.05) is 13.8 Å². The second kappa shape index (κ2) is 14.3. The minimum Gasteiger partial charge on any atom is -0.508 e. The zero-order valence-electron chi connectivity index (χ0n) is 23.9. The predicted octanol–water partition coefficient (Wildman–Crippen LogP) is 4.02. The average molecular weight is 558 g/mol. The van der Waals surface area contributed by atoms with Crippen molar-refractivity contribution in [3.8, 4) is 17.2 Å². The molecule has 0 saturated heterocycles. The van der Waals surface area contributed by atoms with Gasteiger partial charge in [0, 0.05) is 19.2 Å². The third kappa shape index (κ3) is 9.26. The van der Waals surface area contributed by atoms with Crippen LogP contribution in [0, 0.1) is 15.5 Å². The molecule has 2 amide bonds. The zero-order valence-corrected chi connectivity index (χ0v) is 23.9. The van der Waals surface area contributed by atoms with Crippen molar-refractivity contribution in [1.82, 2.24) is 10.6 Å². The fraction of sp³-hybridized carbons (Fsp3) is 0.448. The Morgan fingerprint density at radius 2 is 1.68 bits per heavy atom. The molecule has 2 aromatic carbocycles. The van der Waals surface area contributed by atoms with Crippen LogP contribution in [-0.2, 0) is 20.7 Å². The van der Waals surface area contributed by atoms with Gasteiger partial charge in [-0.25, -0.2) is 0 Å². The van der Waals surface area contributed by atoms with E-state index in [2.05, 4.69) is 10.6 Å². The van der Waals surface area contributed by atoms with Crippen LogP contribution in [0.25, 0.3) is 6.08 Å². The topological polar surface area (TPSA) is 149 Å². The molecule has 0 radical (unpaired) electrons. The summed E-state index contributed by atoms with van der Waals surface area (Å²) >= 11 is 0. The molecule has 0 bridgehead atoms. The number of aromatic hydroxyl groups is 1. The fourth-order valence-electron chi connectivity index (χ4n) is 3.59. The van der Waals surface area contributed by atoms with Crippen LogP contribution >= 0.6 is 0 Å². The maximum Gasteiger partial charge on any atom is 0.280 e. The van der Waals surface area contributed by atoms with E-state index >= 15 is 0 Å². The third-order valence-corrected chi connectivity index (χ3v) is 6.56. The number of nitrogens with one attached hydrogen (secondary N) is 2. The Balaban J connectivity index is 1.93. The highest BCUT2D eigenvalue weighted by molar-refractivity contribution is 5.92. The maximum absolute atomic E-state index is 12.8. The first kappa shape index (κ1) is 32.1. The number of ether oxygens (including phenoxy) is 3. The smallest absolute Gasteiger partial charge is 0.280 e. The Labute approximate surface area is 234 Å². The molecule has 1 unspecified atom stereocenters. The average Bonchev–Trinajstić information content (AvgIpc) is 2.94. The van der Waals surface area contributed by atoms with E-state index in [0.717, 1.165) is 5.56 Å². The molecule has 2 rings (SSSR count). The van der Waals surface area contributed by atoms with Crippen LogP contribution in [0.3, 0.4) is 0 Å². The quantitative estimate of drug-likeness (QED) is 0.169. The van der Waals surface area contributed by atoms with Crippen molar-refractivity contribution in [2.75, 3.05) is 33.9 Å². The van der Waals surface area contributed by atoms with Crippen LogP contribution < -0.4 is 20.1 Å². The number of carbonyl (C=O) groups is 2. The molecule has 0 aliphatic rings. The molecule has 0 saturated carbocycles. The lowest BCUT2D eigenvalue weighted by molar-refractivity contribution is -0.385. The molecule has 0 aromatic heterocycles. The Kier molecular flexibility index (Phi) is 11.5. The summed E-state index contributed by atoms with van der Waals surface area (Å²) in [5.74, 6) is 0.0821. The fourth-order valence-corrected chi connectivity index (χ4v) is 3.59. The Hall–Kier alpha value is -4.12. The highest BCUT2D eigenvalue weighted by Gasteiger charge is 2.32. The number of benzene rings is 2. The van der Waals surface area contributed by atoms with E-state index in [9.17, 15) is 24.8 Å². The molecule has 0 aliphatic heterocycles. The number of nitrogens with zero attached hydrogens (tertiary/aromatic N) is 1. The van der Waals surface area contributed by atoms with Crippen molar-refractivity contribution < 1.29 is 33.8 Å². The Morgan fingerprint density at radius 1 is 1.05 bits per heavy atom. The van der Waals surface area contributed by atoms with Gasteiger partial charge >= 0.3 is 0 Å². The summed E-state index contributed by atoms with van der Waals surface area (Å²) in [6.07, 6.45) is 3.74. The maximum atomic E-state index is 12.8. The summed E-state index contributed by atoms with van der Waals surface area (Å²) in [6.45, 7) is 8.07. The lowest BCUT2D eigenvalue weighted by atomic mass is 9.92. The minimum atomic E-state index is -0.818. The molecule has 0 heterocycles. The van der Waals surface area contributed by atoms with Crippen LogP contribution in [-0.4, -0.2) is 61.4 Å². The number of hydrogen-bond donors (Lipinski definition) is 3. The van der Waals surface area contributed by atoms with Crippen molar-refractivity contribution in [3.63, 3.8) is 0 Å². The molecule has 2 aromatic rings. The first-order chi connectivity index (χ1) is 18.8. The lowest BCUT2D eigenvalue weighted by Crippen LogP contribution is -2.47. The molecule has 11 nitrogen and oxygen atoms in total. The second-order valence-corrected chi connectivity index (χ2v) is 10.2. The highest BCUT2D eigenvalue weighted by atomic mass is 16.6. The molecule has 3 N–H and O–H groups in total. The lowest BCUT2D eigenvalue weighted by Gasteiger charge is -2.33. The summed E-state index contributed by atoms with van der Waals surface area (Å²) in [5.41, 5.74) is -0.613. The van der Waals surface area contributed by atoms with Gasteiger partial charge in [-0.3, -0.25) is 19.7 Å². The van der Waals surface area contributed by atoms with Gasteiger partial charge in [-0.05, 0) is 63.5 Å². The number of hydrogen-bond acceptors (Lipinski definition) is 8. The van der Waals surface area contributed by atoms with Gasteiger partial charge in [0.15, 0.2) is 11.5 Å². The van der Waals surface area contributed by atoms with E-state index in [1.165, 1.54) is 38.5 Å². The summed E-state index contributed by atoms with van der Waals surface area (Å²) in [4.78, 5) is 36.3. The number of nitro benzene ring substituents is 1. The van der Waals surface area contributed by atoms with Gasteiger partial charge in [0.2, 0.25) is 11.8 Å². The summed E-state index contributed by atoms with van der Waals surface area (Å²) in [6, 6.07) is 9.49. The number of methoxy groups -OCH3 is 2. The van der Waals surface area contributed by atoms with E-state index in [-0.39, 0.29) is 41.8 Å². The molecular formula is C29H39N3O8. The van der Waals surface area contributed by atoms with Gasteiger partial charge in [0.05, 0.1) is 48.4 Å². The van der Waals surface area contributed by atoms with Crippen LogP contribution in [0.1, 0.15) is 45.2 Å². The van der Waals surface area contributed by atoms with E-state index in [4.69, 9.17) is 14.2 Å². The van der Waals surface area contributed by atoms with Crippen LogP contribution in [0.4, 0.5) is 5.69 Å². The van der Waals surface area contributed by atoms with Crippen LogP contribution in [0.2, 0.25) is 0 Å². The zero-order chi connectivity index (χ0) is 29.9. The molecule has 0 aliphatic carbocycles. The van der Waals surface area contributed by atoms with E-state index in [0.29, 0.717) is 25.1 Å². The minimum absolute atomic E-state index is 0.131.